The predicted molar refractivity (Wildman–Crippen MR) is 60.8 cm³/mol. The van der Waals surface area contributed by atoms with E-state index < -0.39 is 23.3 Å². The molecule has 0 bridgehead atoms. The Kier molecular flexibility index (Phi) is 3.95. The van der Waals surface area contributed by atoms with Gasteiger partial charge in [0.1, 0.15) is 5.69 Å². The number of halogens is 3. The SMILES string of the molecule is CCC(C)(N)C(=O)Nc1ccc(C(F)(F)F)nc1. The van der Waals surface area contributed by atoms with Crippen LogP contribution in [0.5, 0.6) is 0 Å². The molecule has 1 atom stereocenters. The van der Waals surface area contributed by atoms with Crippen LogP contribution in [0.2, 0.25) is 0 Å². The zero-order chi connectivity index (χ0) is 14.0. The molecule has 0 radical (unpaired) electrons. The highest BCUT2D eigenvalue weighted by atomic mass is 19.4. The summed E-state index contributed by atoms with van der Waals surface area (Å²) in [6, 6.07) is 1.94. The monoisotopic (exact) mass is 261 g/mol. The van der Waals surface area contributed by atoms with Gasteiger partial charge in [-0.2, -0.15) is 13.2 Å². The van der Waals surface area contributed by atoms with Crippen molar-refractivity contribution in [3.8, 4) is 0 Å². The number of rotatable bonds is 3. The Balaban J connectivity index is 2.79. The number of amides is 1. The molecule has 100 valence electrons. The first-order valence-electron chi connectivity index (χ1n) is 5.30. The maximum atomic E-state index is 12.3. The van der Waals surface area contributed by atoms with Crippen molar-refractivity contribution in [1.82, 2.24) is 4.98 Å². The molecule has 0 aliphatic rings. The van der Waals surface area contributed by atoms with Crippen molar-refractivity contribution in [2.75, 3.05) is 5.32 Å². The molecule has 1 heterocycles. The molecule has 0 saturated carbocycles. The van der Waals surface area contributed by atoms with Gasteiger partial charge in [0.15, 0.2) is 0 Å². The van der Waals surface area contributed by atoms with Crippen LogP contribution >= 0.6 is 0 Å². The number of alkyl halides is 3. The quantitative estimate of drug-likeness (QED) is 0.876. The Hall–Kier alpha value is -1.63. The number of pyridine rings is 1. The highest BCUT2D eigenvalue weighted by Gasteiger charge is 2.32. The molecule has 0 spiro atoms. The zero-order valence-corrected chi connectivity index (χ0v) is 10.0. The summed E-state index contributed by atoms with van der Waals surface area (Å²) in [6.45, 7) is 3.28. The first kappa shape index (κ1) is 14.4. The summed E-state index contributed by atoms with van der Waals surface area (Å²) in [4.78, 5) is 14.9. The van der Waals surface area contributed by atoms with Gasteiger partial charge in [0, 0.05) is 0 Å². The fraction of sp³-hybridized carbons (Fsp3) is 0.455. The minimum absolute atomic E-state index is 0.179. The van der Waals surface area contributed by atoms with Crippen molar-refractivity contribution in [3.05, 3.63) is 24.0 Å². The van der Waals surface area contributed by atoms with Crippen LogP contribution in [0.3, 0.4) is 0 Å². The van der Waals surface area contributed by atoms with Crippen LogP contribution in [0.25, 0.3) is 0 Å². The molecule has 1 aromatic heterocycles. The Morgan fingerprint density at radius 1 is 1.44 bits per heavy atom. The van der Waals surface area contributed by atoms with Gasteiger partial charge in [-0.05, 0) is 25.5 Å². The minimum atomic E-state index is -4.49. The summed E-state index contributed by atoms with van der Waals surface area (Å²) in [7, 11) is 0. The molecule has 1 unspecified atom stereocenters. The molecule has 1 rings (SSSR count). The molecular formula is C11H14F3N3O. The number of hydrogen-bond acceptors (Lipinski definition) is 3. The lowest BCUT2D eigenvalue weighted by molar-refractivity contribution is -0.141. The van der Waals surface area contributed by atoms with E-state index in [0.717, 1.165) is 18.3 Å². The summed E-state index contributed by atoms with van der Waals surface area (Å²) in [5.41, 5.74) is 3.80. The van der Waals surface area contributed by atoms with Gasteiger partial charge < -0.3 is 11.1 Å². The second kappa shape index (κ2) is 4.93. The summed E-state index contributed by atoms with van der Waals surface area (Å²) >= 11 is 0. The lowest BCUT2D eigenvalue weighted by Gasteiger charge is -2.21. The number of aromatic nitrogens is 1. The second-order valence-electron chi connectivity index (χ2n) is 4.16. The average molecular weight is 261 g/mol. The van der Waals surface area contributed by atoms with E-state index >= 15 is 0 Å². The Bertz CT molecular complexity index is 426. The molecule has 0 aliphatic carbocycles. The van der Waals surface area contributed by atoms with E-state index in [1.54, 1.807) is 13.8 Å². The third-order valence-electron chi connectivity index (χ3n) is 2.56. The third kappa shape index (κ3) is 3.43. The summed E-state index contributed by atoms with van der Waals surface area (Å²) < 4.78 is 36.8. The van der Waals surface area contributed by atoms with Crippen LogP contribution in [-0.4, -0.2) is 16.4 Å². The molecule has 0 aliphatic heterocycles. The van der Waals surface area contributed by atoms with E-state index in [2.05, 4.69) is 10.3 Å². The number of nitrogens with zero attached hydrogens (tertiary/aromatic N) is 1. The van der Waals surface area contributed by atoms with Crippen molar-refractivity contribution in [1.29, 1.82) is 0 Å². The van der Waals surface area contributed by atoms with Crippen LogP contribution in [0.15, 0.2) is 18.3 Å². The number of carbonyl (C=O) groups excluding carboxylic acids is 1. The van der Waals surface area contributed by atoms with Crippen molar-refractivity contribution in [2.24, 2.45) is 5.73 Å². The van der Waals surface area contributed by atoms with Crippen LogP contribution in [0.1, 0.15) is 26.0 Å². The summed E-state index contributed by atoms with van der Waals surface area (Å²) in [5, 5.41) is 2.42. The van der Waals surface area contributed by atoms with E-state index in [0.29, 0.717) is 6.42 Å². The smallest absolute Gasteiger partial charge is 0.323 e. The van der Waals surface area contributed by atoms with Gasteiger partial charge in [-0.3, -0.25) is 4.79 Å². The van der Waals surface area contributed by atoms with Crippen molar-refractivity contribution < 1.29 is 18.0 Å². The molecule has 0 aromatic carbocycles. The van der Waals surface area contributed by atoms with Gasteiger partial charge in [0.25, 0.3) is 0 Å². The fourth-order valence-electron chi connectivity index (χ4n) is 1.07. The maximum absolute atomic E-state index is 12.3. The van der Waals surface area contributed by atoms with Crippen LogP contribution in [-0.2, 0) is 11.0 Å². The Labute approximate surface area is 102 Å². The number of nitrogens with two attached hydrogens (primary N) is 1. The van der Waals surface area contributed by atoms with Crippen molar-refractivity contribution >= 4 is 11.6 Å². The van der Waals surface area contributed by atoms with Crippen LogP contribution in [0, 0.1) is 0 Å². The number of hydrogen-bond donors (Lipinski definition) is 2. The zero-order valence-electron chi connectivity index (χ0n) is 10.0. The first-order chi connectivity index (χ1) is 8.16. The molecule has 1 aromatic rings. The largest absolute Gasteiger partial charge is 0.433 e. The normalized spacial score (nSPS) is 15.0. The van der Waals surface area contributed by atoms with Crippen LogP contribution in [0.4, 0.5) is 18.9 Å². The van der Waals surface area contributed by atoms with E-state index in [1.807, 2.05) is 0 Å². The summed E-state index contributed by atoms with van der Waals surface area (Å²) in [5.74, 6) is -0.466. The molecule has 4 nitrogen and oxygen atoms in total. The molecule has 3 N–H and O–H groups in total. The molecule has 0 fully saturated rings. The topological polar surface area (TPSA) is 68.0 Å². The van der Waals surface area contributed by atoms with Crippen LogP contribution < -0.4 is 11.1 Å². The van der Waals surface area contributed by atoms with Gasteiger partial charge in [0.2, 0.25) is 5.91 Å². The lowest BCUT2D eigenvalue weighted by atomic mass is 9.99. The molecule has 18 heavy (non-hydrogen) atoms. The highest BCUT2D eigenvalue weighted by molar-refractivity contribution is 5.97. The second-order valence-corrected chi connectivity index (χ2v) is 4.16. The van der Waals surface area contributed by atoms with Gasteiger partial charge in [-0.15, -0.1) is 0 Å². The molecule has 7 heteroatoms. The predicted octanol–water partition coefficient (Wildman–Crippen LogP) is 2.17. The van der Waals surface area contributed by atoms with Gasteiger partial charge in [0.05, 0.1) is 17.4 Å². The van der Waals surface area contributed by atoms with Gasteiger partial charge >= 0.3 is 6.18 Å². The molecule has 0 saturated heterocycles. The van der Waals surface area contributed by atoms with Crippen molar-refractivity contribution in [3.63, 3.8) is 0 Å². The van der Waals surface area contributed by atoms with Gasteiger partial charge in [-0.25, -0.2) is 4.98 Å². The average Bonchev–Trinajstić information content (AvgIpc) is 2.28. The Morgan fingerprint density at radius 2 is 2.06 bits per heavy atom. The maximum Gasteiger partial charge on any atom is 0.433 e. The van der Waals surface area contributed by atoms with Gasteiger partial charge in [-0.1, -0.05) is 6.92 Å². The van der Waals surface area contributed by atoms with Crippen molar-refractivity contribution in [2.45, 2.75) is 32.0 Å². The highest BCUT2D eigenvalue weighted by Crippen LogP contribution is 2.27. The Morgan fingerprint density at radius 3 is 2.44 bits per heavy atom. The van der Waals surface area contributed by atoms with E-state index in [4.69, 9.17) is 5.73 Å². The third-order valence-corrected chi connectivity index (χ3v) is 2.56. The lowest BCUT2D eigenvalue weighted by Crippen LogP contribution is -2.47. The molecule has 1 amide bonds. The first-order valence-corrected chi connectivity index (χ1v) is 5.30. The number of nitrogens with one attached hydrogen (secondary N) is 1. The number of anilines is 1. The fourth-order valence-corrected chi connectivity index (χ4v) is 1.07. The summed E-state index contributed by atoms with van der Waals surface area (Å²) in [6.07, 6.45) is -3.13. The number of carbonyl (C=O) groups is 1. The van der Waals surface area contributed by atoms with E-state index in [1.165, 1.54) is 0 Å². The van der Waals surface area contributed by atoms with E-state index in [-0.39, 0.29) is 5.69 Å². The van der Waals surface area contributed by atoms with E-state index in [9.17, 15) is 18.0 Å². The molecular weight excluding hydrogens is 247 g/mol. The minimum Gasteiger partial charge on any atom is -0.323 e. The standard InChI is InChI=1S/C11H14F3N3O/c1-3-10(2,15)9(18)17-7-4-5-8(16-6-7)11(12,13)14/h4-6H,3,15H2,1-2H3,(H,17,18).